The van der Waals surface area contributed by atoms with E-state index < -0.39 is 33.2 Å². The van der Waals surface area contributed by atoms with Crippen LogP contribution in [0.25, 0.3) is 10.1 Å². The number of rotatable bonds is 7. The van der Waals surface area contributed by atoms with Gasteiger partial charge in [0.1, 0.15) is 17.4 Å². The Labute approximate surface area is 144 Å². The molecule has 23 heavy (non-hydrogen) atoms. The lowest BCUT2D eigenvalue weighted by molar-refractivity contribution is 0.269. The van der Waals surface area contributed by atoms with Gasteiger partial charge >= 0.3 is 0 Å². The largest absolute Gasteiger partial charge is 0.486 e. The highest BCUT2D eigenvalue weighted by atomic mass is 35.5. The highest BCUT2D eigenvalue weighted by molar-refractivity contribution is 7.91. The van der Waals surface area contributed by atoms with E-state index in [2.05, 4.69) is 0 Å². The van der Waals surface area contributed by atoms with Gasteiger partial charge in [-0.3, -0.25) is 0 Å². The molecule has 2 N–H and O–H groups in total. The number of thiophene rings is 1. The molecule has 0 spiro atoms. The van der Waals surface area contributed by atoms with Crippen LogP contribution in [0.5, 0.6) is 11.5 Å². The van der Waals surface area contributed by atoms with Crippen molar-refractivity contribution in [3.63, 3.8) is 0 Å². The van der Waals surface area contributed by atoms with Crippen molar-refractivity contribution in [2.24, 2.45) is 5.14 Å². The van der Waals surface area contributed by atoms with Crippen molar-refractivity contribution in [2.45, 2.75) is 4.21 Å². The van der Waals surface area contributed by atoms with Gasteiger partial charge in [-0.15, -0.1) is 34.5 Å². The summed E-state index contributed by atoms with van der Waals surface area (Å²) < 4.78 is 61.5. The summed E-state index contributed by atoms with van der Waals surface area (Å²) in [7, 11) is -4.10. The number of hydrogen-bond donors (Lipinski definition) is 1. The number of benzene rings is 1. The molecule has 0 aliphatic rings. The standard InChI is InChI=1S/C12H11Cl2F2NO4S2/c13-1-3-20-10-8(15)6-5-7(23(17,18)19)22-12(6)9(16)11(10)21-4-2-14/h5H,1-4H2,(H2,17,18,19). The molecule has 0 aliphatic carbocycles. The van der Waals surface area contributed by atoms with Gasteiger partial charge < -0.3 is 9.47 Å². The van der Waals surface area contributed by atoms with Crippen molar-refractivity contribution >= 4 is 54.6 Å². The predicted octanol–water partition coefficient (Wildman–Crippen LogP) is 3.06. The van der Waals surface area contributed by atoms with E-state index in [9.17, 15) is 17.2 Å². The highest BCUT2D eigenvalue weighted by Gasteiger charge is 2.26. The monoisotopic (exact) mass is 405 g/mol. The number of fused-ring (bicyclic) bond motifs is 1. The molecule has 0 bridgehead atoms. The van der Waals surface area contributed by atoms with Gasteiger partial charge in [0, 0.05) is 5.39 Å². The molecule has 0 radical (unpaired) electrons. The van der Waals surface area contributed by atoms with E-state index in [1.54, 1.807) is 0 Å². The molecule has 2 rings (SSSR count). The summed E-state index contributed by atoms with van der Waals surface area (Å²) in [5.74, 6) is -2.79. The Morgan fingerprint density at radius 1 is 1.09 bits per heavy atom. The summed E-state index contributed by atoms with van der Waals surface area (Å²) >= 11 is 11.5. The molecule has 0 fully saturated rings. The van der Waals surface area contributed by atoms with Crippen LogP contribution in [0, 0.1) is 11.6 Å². The minimum absolute atomic E-state index is 0.0418. The first-order valence-electron chi connectivity index (χ1n) is 6.16. The van der Waals surface area contributed by atoms with Crippen molar-refractivity contribution in [1.29, 1.82) is 0 Å². The zero-order chi connectivity index (χ0) is 17.2. The molecule has 1 aromatic carbocycles. The van der Waals surface area contributed by atoms with Crippen LogP contribution in [0.15, 0.2) is 10.3 Å². The number of ether oxygens (including phenoxy) is 2. The number of hydrogen-bond acceptors (Lipinski definition) is 5. The number of primary sulfonamides is 1. The van der Waals surface area contributed by atoms with Crippen molar-refractivity contribution in [2.75, 3.05) is 25.0 Å². The van der Waals surface area contributed by atoms with Gasteiger partial charge in [0.25, 0.3) is 0 Å². The molecule has 2 aromatic rings. The van der Waals surface area contributed by atoms with Gasteiger partial charge in [-0.2, -0.15) is 0 Å². The second-order valence-electron chi connectivity index (χ2n) is 4.21. The topological polar surface area (TPSA) is 78.6 Å². The Hall–Kier alpha value is -0.870. The van der Waals surface area contributed by atoms with E-state index in [0.29, 0.717) is 11.3 Å². The molecule has 0 saturated heterocycles. The van der Waals surface area contributed by atoms with Gasteiger partial charge in [0.15, 0.2) is 11.6 Å². The Kier molecular flexibility index (Phi) is 5.90. The fourth-order valence-electron chi connectivity index (χ4n) is 1.80. The van der Waals surface area contributed by atoms with Crippen LogP contribution in [0.1, 0.15) is 0 Å². The lowest BCUT2D eigenvalue weighted by Gasteiger charge is -2.14. The maximum Gasteiger partial charge on any atom is 0.247 e. The van der Waals surface area contributed by atoms with Crippen LogP contribution in [0.4, 0.5) is 8.78 Å². The van der Waals surface area contributed by atoms with E-state index in [1.807, 2.05) is 0 Å². The number of sulfonamides is 1. The first kappa shape index (κ1) is 18.5. The van der Waals surface area contributed by atoms with Crippen LogP contribution in [0.3, 0.4) is 0 Å². The highest BCUT2D eigenvalue weighted by Crippen LogP contribution is 2.43. The Morgan fingerprint density at radius 3 is 2.09 bits per heavy atom. The first-order chi connectivity index (χ1) is 10.8. The zero-order valence-electron chi connectivity index (χ0n) is 11.4. The second kappa shape index (κ2) is 7.35. The van der Waals surface area contributed by atoms with E-state index >= 15 is 0 Å². The first-order valence-corrected chi connectivity index (χ1v) is 9.59. The third kappa shape index (κ3) is 3.80. The van der Waals surface area contributed by atoms with Gasteiger partial charge in [-0.05, 0) is 6.07 Å². The predicted molar refractivity (Wildman–Crippen MR) is 85.5 cm³/mol. The summed E-state index contributed by atoms with van der Waals surface area (Å²) in [4.78, 5) is 0. The van der Waals surface area contributed by atoms with E-state index in [4.69, 9.17) is 37.8 Å². The summed E-state index contributed by atoms with van der Waals surface area (Å²) in [6.07, 6.45) is 0. The Balaban J connectivity index is 2.71. The van der Waals surface area contributed by atoms with Crippen molar-refractivity contribution in [3.05, 3.63) is 17.7 Å². The minimum Gasteiger partial charge on any atom is -0.486 e. The van der Waals surface area contributed by atoms with Gasteiger partial charge in [-0.1, -0.05) is 0 Å². The quantitative estimate of drug-likeness (QED) is 0.717. The molecule has 11 heteroatoms. The average Bonchev–Trinajstić information content (AvgIpc) is 2.94. The average molecular weight is 406 g/mol. The van der Waals surface area contributed by atoms with Crippen LogP contribution < -0.4 is 14.6 Å². The lowest BCUT2D eigenvalue weighted by atomic mass is 10.2. The molecule has 0 saturated carbocycles. The van der Waals surface area contributed by atoms with Crippen molar-refractivity contribution in [1.82, 2.24) is 0 Å². The third-order valence-corrected chi connectivity index (χ3v) is 5.53. The van der Waals surface area contributed by atoms with Crippen LogP contribution in [-0.4, -0.2) is 33.4 Å². The molecule has 5 nitrogen and oxygen atoms in total. The van der Waals surface area contributed by atoms with E-state index in [0.717, 1.165) is 6.07 Å². The summed E-state index contributed by atoms with van der Waals surface area (Å²) in [5.41, 5.74) is 0. The number of nitrogens with two attached hydrogens (primary N) is 1. The molecule has 0 amide bonds. The molecule has 1 heterocycles. The fraction of sp³-hybridized carbons (Fsp3) is 0.333. The lowest BCUT2D eigenvalue weighted by Crippen LogP contribution is -2.09. The molecular weight excluding hydrogens is 395 g/mol. The Morgan fingerprint density at radius 2 is 1.61 bits per heavy atom. The summed E-state index contributed by atoms with van der Waals surface area (Å²) in [6, 6.07) is 0.951. The normalized spacial score (nSPS) is 11.9. The van der Waals surface area contributed by atoms with Gasteiger partial charge in [0.2, 0.25) is 21.5 Å². The van der Waals surface area contributed by atoms with E-state index in [1.165, 1.54) is 0 Å². The van der Waals surface area contributed by atoms with Crippen molar-refractivity contribution in [3.8, 4) is 11.5 Å². The maximum atomic E-state index is 14.6. The second-order valence-corrected chi connectivity index (χ2v) is 7.81. The SMILES string of the molecule is NS(=O)(=O)c1cc2c(F)c(OCCCl)c(OCCCl)c(F)c2s1. The summed E-state index contributed by atoms with van der Waals surface area (Å²) in [6.45, 7) is -0.180. The molecular formula is C12H11Cl2F2NO4S2. The van der Waals surface area contributed by atoms with E-state index in [-0.39, 0.29) is 39.3 Å². The number of alkyl halides is 2. The molecule has 1 aromatic heterocycles. The maximum absolute atomic E-state index is 14.6. The molecule has 0 aliphatic heterocycles. The van der Waals surface area contributed by atoms with Gasteiger partial charge in [-0.25, -0.2) is 22.3 Å². The Bertz CT molecular complexity index is 775. The van der Waals surface area contributed by atoms with Crippen LogP contribution >= 0.6 is 34.5 Å². The van der Waals surface area contributed by atoms with Crippen LogP contribution in [0.2, 0.25) is 0 Å². The van der Waals surface area contributed by atoms with Crippen LogP contribution in [-0.2, 0) is 10.0 Å². The smallest absolute Gasteiger partial charge is 0.247 e. The molecule has 0 unspecified atom stereocenters. The zero-order valence-corrected chi connectivity index (χ0v) is 14.6. The van der Waals surface area contributed by atoms with Crippen molar-refractivity contribution < 1.29 is 26.7 Å². The third-order valence-electron chi connectivity index (χ3n) is 2.68. The summed E-state index contributed by atoms with van der Waals surface area (Å²) in [5, 5.41) is 4.73. The molecule has 0 atom stereocenters. The minimum atomic E-state index is -4.10. The fourth-order valence-corrected chi connectivity index (χ4v) is 3.77. The number of halogens is 4. The molecule has 128 valence electrons. The van der Waals surface area contributed by atoms with Gasteiger partial charge in [0.05, 0.1) is 16.5 Å².